The maximum Gasteiger partial charge on any atom is 0.335 e. The van der Waals surface area contributed by atoms with Crippen LogP contribution in [0.1, 0.15) is 38.7 Å². The standard InChI is InChI=1S/C16H21N3O4/c1-4-23-16(20)12(3)14-7-5-6-8-18(14)15-11(2)9-13(10-17-15)19(21)22/h9-10H,4-8H2,1-3H3. The highest BCUT2D eigenvalue weighted by Crippen LogP contribution is 2.31. The van der Waals surface area contributed by atoms with Gasteiger partial charge in [-0.2, -0.15) is 0 Å². The predicted octanol–water partition coefficient (Wildman–Crippen LogP) is 3.13. The molecule has 0 atom stereocenters. The van der Waals surface area contributed by atoms with Gasteiger partial charge in [0.05, 0.1) is 17.1 Å². The zero-order valence-electron chi connectivity index (χ0n) is 13.7. The molecule has 7 heteroatoms. The number of piperidine rings is 1. The summed E-state index contributed by atoms with van der Waals surface area (Å²) in [5.74, 6) is 0.336. The Balaban J connectivity index is 2.41. The largest absolute Gasteiger partial charge is 0.463 e. The number of rotatable bonds is 4. The van der Waals surface area contributed by atoms with E-state index in [1.807, 2.05) is 4.90 Å². The Morgan fingerprint density at radius 3 is 2.83 bits per heavy atom. The van der Waals surface area contributed by atoms with E-state index in [9.17, 15) is 14.9 Å². The van der Waals surface area contributed by atoms with E-state index < -0.39 is 4.92 Å². The van der Waals surface area contributed by atoms with E-state index in [0.717, 1.165) is 37.1 Å². The molecule has 23 heavy (non-hydrogen) atoms. The smallest absolute Gasteiger partial charge is 0.335 e. The fourth-order valence-corrected chi connectivity index (χ4v) is 2.75. The summed E-state index contributed by atoms with van der Waals surface area (Å²) in [7, 11) is 0. The fraction of sp³-hybridized carbons (Fsp3) is 0.500. The van der Waals surface area contributed by atoms with Crippen LogP contribution in [-0.4, -0.2) is 29.0 Å². The van der Waals surface area contributed by atoms with Crippen molar-refractivity contribution in [2.24, 2.45) is 0 Å². The molecule has 1 aromatic rings. The van der Waals surface area contributed by atoms with E-state index in [1.54, 1.807) is 20.8 Å². The summed E-state index contributed by atoms with van der Waals surface area (Å²) < 4.78 is 5.09. The first-order valence-corrected chi connectivity index (χ1v) is 7.71. The quantitative estimate of drug-likeness (QED) is 0.367. The van der Waals surface area contributed by atoms with Crippen LogP contribution >= 0.6 is 0 Å². The average molecular weight is 319 g/mol. The van der Waals surface area contributed by atoms with Crippen LogP contribution in [0.4, 0.5) is 11.5 Å². The van der Waals surface area contributed by atoms with Gasteiger partial charge in [0, 0.05) is 18.3 Å². The molecular formula is C16H21N3O4. The second-order valence-electron chi connectivity index (χ2n) is 5.49. The van der Waals surface area contributed by atoms with E-state index in [2.05, 4.69) is 4.98 Å². The highest BCUT2D eigenvalue weighted by atomic mass is 16.6. The van der Waals surface area contributed by atoms with Crippen molar-refractivity contribution in [3.8, 4) is 0 Å². The van der Waals surface area contributed by atoms with Gasteiger partial charge in [-0.15, -0.1) is 0 Å². The van der Waals surface area contributed by atoms with E-state index >= 15 is 0 Å². The maximum atomic E-state index is 12.0. The Hall–Kier alpha value is -2.44. The summed E-state index contributed by atoms with van der Waals surface area (Å²) in [6.45, 7) is 6.39. The Morgan fingerprint density at radius 2 is 2.22 bits per heavy atom. The van der Waals surface area contributed by atoms with Gasteiger partial charge < -0.3 is 9.64 Å². The Bertz CT molecular complexity index is 655. The molecule has 0 unspecified atom stereocenters. The maximum absolute atomic E-state index is 12.0. The third-order valence-corrected chi connectivity index (χ3v) is 3.89. The summed E-state index contributed by atoms with van der Waals surface area (Å²) in [5.41, 5.74) is 2.15. The molecule has 0 N–H and O–H groups in total. The molecule has 1 saturated heterocycles. The Kier molecular flexibility index (Phi) is 5.31. The number of hydrogen-bond acceptors (Lipinski definition) is 6. The van der Waals surface area contributed by atoms with Crippen molar-refractivity contribution in [3.05, 3.63) is 39.2 Å². The molecule has 124 valence electrons. The van der Waals surface area contributed by atoms with Gasteiger partial charge in [-0.1, -0.05) is 0 Å². The second kappa shape index (κ2) is 7.21. The van der Waals surface area contributed by atoms with Gasteiger partial charge in [0.25, 0.3) is 5.69 Å². The normalized spacial score (nSPS) is 16.9. The number of ether oxygens (including phenoxy) is 1. The van der Waals surface area contributed by atoms with E-state index in [-0.39, 0.29) is 11.7 Å². The molecule has 0 bridgehead atoms. The van der Waals surface area contributed by atoms with Crippen molar-refractivity contribution >= 4 is 17.5 Å². The first-order chi connectivity index (χ1) is 11.0. The molecule has 0 radical (unpaired) electrons. The summed E-state index contributed by atoms with van der Waals surface area (Å²) in [6, 6.07) is 1.51. The monoisotopic (exact) mass is 319 g/mol. The SMILES string of the molecule is CCOC(=O)C(C)=C1CCCCN1c1ncc([N+](=O)[O-])cc1C. The van der Waals surface area contributed by atoms with Gasteiger partial charge in [-0.05, 0) is 45.6 Å². The number of hydrogen-bond donors (Lipinski definition) is 0. The molecule has 1 aliphatic heterocycles. The number of esters is 1. The van der Waals surface area contributed by atoms with Gasteiger partial charge in [0.15, 0.2) is 0 Å². The molecule has 1 fully saturated rings. The van der Waals surface area contributed by atoms with E-state index in [4.69, 9.17) is 4.74 Å². The second-order valence-corrected chi connectivity index (χ2v) is 5.49. The molecule has 1 aromatic heterocycles. The Labute approximate surface area is 135 Å². The number of carbonyl (C=O) groups is 1. The van der Waals surface area contributed by atoms with Gasteiger partial charge >= 0.3 is 5.97 Å². The van der Waals surface area contributed by atoms with Crippen LogP contribution in [-0.2, 0) is 9.53 Å². The van der Waals surface area contributed by atoms with Crippen molar-refractivity contribution in [1.29, 1.82) is 0 Å². The van der Waals surface area contributed by atoms with Crippen molar-refractivity contribution in [3.63, 3.8) is 0 Å². The molecule has 0 aromatic carbocycles. The number of nitro groups is 1. The molecule has 0 aliphatic carbocycles. The van der Waals surface area contributed by atoms with Gasteiger partial charge in [-0.25, -0.2) is 9.78 Å². The molecular weight excluding hydrogens is 298 g/mol. The summed E-state index contributed by atoms with van der Waals surface area (Å²) in [4.78, 5) is 28.7. The summed E-state index contributed by atoms with van der Waals surface area (Å²) >= 11 is 0. The van der Waals surface area contributed by atoms with Gasteiger partial charge in [0.1, 0.15) is 12.0 Å². The lowest BCUT2D eigenvalue weighted by Crippen LogP contribution is -2.31. The van der Waals surface area contributed by atoms with Crippen LogP contribution in [0.25, 0.3) is 0 Å². The number of nitrogens with zero attached hydrogens (tertiary/aromatic N) is 3. The number of aryl methyl sites for hydroxylation is 1. The van der Waals surface area contributed by atoms with Crippen molar-refractivity contribution < 1.29 is 14.5 Å². The predicted molar refractivity (Wildman–Crippen MR) is 86.2 cm³/mol. The minimum Gasteiger partial charge on any atom is -0.463 e. The Morgan fingerprint density at radius 1 is 1.48 bits per heavy atom. The average Bonchev–Trinajstić information content (AvgIpc) is 2.54. The van der Waals surface area contributed by atoms with Crippen LogP contribution in [0.5, 0.6) is 0 Å². The summed E-state index contributed by atoms with van der Waals surface area (Å²) in [5, 5.41) is 10.9. The fourth-order valence-electron chi connectivity index (χ4n) is 2.75. The van der Waals surface area contributed by atoms with Crippen LogP contribution in [0, 0.1) is 17.0 Å². The summed E-state index contributed by atoms with van der Waals surface area (Å²) in [6.07, 6.45) is 4.00. The number of carbonyl (C=O) groups excluding carboxylic acids is 1. The van der Waals surface area contributed by atoms with Gasteiger partial charge in [-0.3, -0.25) is 10.1 Å². The van der Waals surface area contributed by atoms with Crippen molar-refractivity contribution in [2.75, 3.05) is 18.1 Å². The van der Waals surface area contributed by atoms with E-state index in [1.165, 1.54) is 12.3 Å². The third-order valence-electron chi connectivity index (χ3n) is 3.89. The van der Waals surface area contributed by atoms with Crippen molar-refractivity contribution in [1.82, 2.24) is 4.98 Å². The number of aromatic nitrogens is 1. The van der Waals surface area contributed by atoms with Gasteiger partial charge in [0.2, 0.25) is 0 Å². The van der Waals surface area contributed by atoms with E-state index in [0.29, 0.717) is 18.0 Å². The molecule has 1 aliphatic rings. The number of pyridine rings is 1. The topological polar surface area (TPSA) is 85.6 Å². The zero-order valence-corrected chi connectivity index (χ0v) is 13.7. The first-order valence-electron chi connectivity index (χ1n) is 7.71. The highest BCUT2D eigenvalue weighted by Gasteiger charge is 2.25. The van der Waals surface area contributed by atoms with Crippen molar-refractivity contribution in [2.45, 2.75) is 40.0 Å². The minimum absolute atomic E-state index is 0.0316. The first kappa shape index (κ1) is 16.9. The number of anilines is 1. The minimum atomic E-state index is -0.458. The molecule has 7 nitrogen and oxygen atoms in total. The van der Waals surface area contributed by atoms with Crippen LogP contribution in [0.15, 0.2) is 23.5 Å². The molecule has 2 heterocycles. The molecule has 2 rings (SSSR count). The third kappa shape index (κ3) is 3.67. The van der Waals surface area contributed by atoms with Crippen LogP contribution in [0.2, 0.25) is 0 Å². The molecule has 0 saturated carbocycles. The number of allylic oxidation sites excluding steroid dienone is 1. The zero-order chi connectivity index (χ0) is 17.0. The lowest BCUT2D eigenvalue weighted by atomic mass is 10.0. The lowest BCUT2D eigenvalue weighted by Gasteiger charge is -2.32. The lowest BCUT2D eigenvalue weighted by molar-refractivity contribution is -0.385. The highest BCUT2D eigenvalue weighted by molar-refractivity contribution is 5.89. The van der Waals surface area contributed by atoms with Crippen LogP contribution in [0.3, 0.4) is 0 Å². The molecule has 0 amide bonds. The molecule has 0 spiro atoms. The van der Waals surface area contributed by atoms with Crippen LogP contribution < -0.4 is 4.90 Å².